The van der Waals surface area contributed by atoms with Crippen molar-refractivity contribution in [3.8, 4) is 0 Å². The van der Waals surface area contributed by atoms with Crippen LogP contribution in [0.1, 0.15) is 72.1 Å². The molecule has 0 spiro atoms. The first kappa shape index (κ1) is 14.6. The van der Waals surface area contributed by atoms with Gasteiger partial charge in [-0.05, 0) is 73.9 Å². The standard InChI is InChI=1S/C17H30N2S/c1-4-5-6-18-14(20)19-17-9-13-7-15(2,11-17)10-16(3,8-13)12-17/h13H,4-12H2,1-3H3,(H2,18,19,20). The summed E-state index contributed by atoms with van der Waals surface area (Å²) in [5.74, 6) is 0.923. The van der Waals surface area contributed by atoms with Crippen molar-refractivity contribution >= 4 is 17.3 Å². The van der Waals surface area contributed by atoms with E-state index in [1.165, 1.54) is 51.4 Å². The van der Waals surface area contributed by atoms with Crippen LogP contribution in [0.3, 0.4) is 0 Å². The van der Waals surface area contributed by atoms with Crippen LogP contribution in [0.4, 0.5) is 0 Å². The largest absolute Gasteiger partial charge is 0.363 e. The summed E-state index contributed by atoms with van der Waals surface area (Å²) in [6.07, 6.45) is 10.7. The molecule has 0 heterocycles. The molecule has 2 atom stereocenters. The van der Waals surface area contributed by atoms with Gasteiger partial charge in [0.05, 0.1) is 0 Å². The molecule has 4 bridgehead atoms. The summed E-state index contributed by atoms with van der Waals surface area (Å²) in [5.41, 5.74) is 1.40. The molecule has 3 heteroatoms. The minimum atomic E-state index is 0.291. The fourth-order valence-electron chi connectivity index (χ4n) is 6.25. The SMILES string of the molecule is CCCCNC(=S)NC12CC3CC(C)(CC(C)(C3)C1)C2. The van der Waals surface area contributed by atoms with Gasteiger partial charge in [-0.1, -0.05) is 27.2 Å². The number of hydrogen-bond acceptors (Lipinski definition) is 1. The van der Waals surface area contributed by atoms with Gasteiger partial charge in [-0.25, -0.2) is 0 Å². The van der Waals surface area contributed by atoms with Crippen molar-refractivity contribution in [2.45, 2.75) is 77.7 Å². The van der Waals surface area contributed by atoms with Crippen LogP contribution in [-0.2, 0) is 0 Å². The first-order valence-corrected chi connectivity index (χ1v) is 8.83. The smallest absolute Gasteiger partial charge is 0.166 e. The average Bonchev–Trinajstić information content (AvgIpc) is 2.22. The maximum absolute atomic E-state index is 5.55. The van der Waals surface area contributed by atoms with E-state index in [0.717, 1.165) is 17.6 Å². The quantitative estimate of drug-likeness (QED) is 0.605. The highest BCUT2D eigenvalue weighted by Crippen LogP contribution is 2.66. The van der Waals surface area contributed by atoms with E-state index in [1.807, 2.05) is 0 Å². The Morgan fingerprint density at radius 2 is 1.75 bits per heavy atom. The summed E-state index contributed by atoms with van der Waals surface area (Å²) in [4.78, 5) is 0. The number of rotatable bonds is 4. The topological polar surface area (TPSA) is 24.1 Å². The monoisotopic (exact) mass is 294 g/mol. The van der Waals surface area contributed by atoms with Crippen molar-refractivity contribution in [3.63, 3.8) is 0 Å². The predicted molar refractivity (Wildman–Crippen MR) is 88.8 cm³/mol. The first-order valence-electron chi connectivity index (χ1n) is 8.42. The third kappa shape index (κ3) is 2.70. The summed E-state index contributed by atoms with van der Waals surface area (Å²) in [6.45, 7) is 8.26. The molecular weight excluding hydrogens is 264 g/mol. The lowest BCUT2D eigenvalue weighted by Gasteiger charge is -2.65. The highest BCUT2D eigenvalue weighted by Gasteiger charge is 2.60. The lowest BCUT2D eigenvalue weighted by molar-refractivity contribution is -0.111. The zero-order valence-electron chi connectivity index (χ0n) is 13.3. The van der Waals surface area contributed by atoms with Crippen LogP contribution in [-0.4, -0.2) is 17.2 Å². The molecule has 0 radical (unpaired) electrons. The number of unbranched alkanes of at least 4 members (excludes halogenated alkanes) is 1. The van der Waals surface area contributed by atoms with Crippen molar-refractivity contribution in [1.82, 2.24) is 10.6 Å². The van der Waals surface area contributed by atoms with Crippen molar-refractivity contribution in [2.75, 3.05) is 6.54 Å². The third-order valence-corrected chi connectivity index (χ3v) is 6.07. The van der Waals surface area contributed by atoms with Gasteiger partial charge in [-0.15, -0.1) is 0 Å². The van der Waals surface area contributed by atoms with E-state index in [1.54, 1.807) is 0 Å². The molecule has 4 aliphatic rings. The van der Waals surface area contributed by atoms with Gasteiger partial charge in [0.25, 0.3) is 0 Å². The minimum Gasteiger partial charge on any atom is -0.363 e. The second-order valence-electron chi connectivity index (χ2n) is 8.64. The van der Waals surface area contributed by atoms with E-state index in [-0.39, 0.29) is 0 Å². The Morgan fingerprint density at radius 1 is 1.10 bits per heavy atom. The molecule has 4 aliphatic carbocycles. The third-order valence-electron chi connectivity index (χ3n) is 5.82. The summed E-state index contributed by atoms with van der Waals surface area (Å²) in [7, 11) is 0. The number of thiocarbonyl (C=S) groups is 1. The Bertz CT molecular complexity index is 388. The molecule has 114 valence electrons. The molecule has 20 heavy (non-hydrogen) atoms. The number of hydrogen-bond donors (Lipinski definition) is 2. The maximum Gasteiger partial charge on any atom is 0.166 e. The van der Waals surface area contributed by atoms with Gasteiger partial charge in [0.2, 0.25) is 0 Å². The summed E-state index contributed by atoms with van der Waals surface area (Å²) < 4.78 is 0. The summed E-state index contributed by atoms with van der Waals surface area (Å²) >= 11 is 5.55. The first-order chi connectivity index (χ1) is 9.36. The highest BCUT2D eigenvalue weighted by atomic mass is 32.1. The molecule has 0 aliphatic heterocycles. The maximum atomic E-state index is 5.55. The van der Waals surface area contributed by atoms with Crippen LogP contribution in [0.25, 0.3) is 0 Å². The second kappa shape index (κ2) is 4.86. The average molecular weight is 295 g/mol. The van der Waals surface area contributed by atoms with Crippen LogP contribution >= 0.6 is 12.2 Å². The molecule has 2 unspecified atom stereocenters. The summed E-state index contributed by atoms with van der Waals surface area (Å²) in [5, 5.41) is 8.05. The van der Waals surface area contributed by atoms with Crippen LogP contribution < -0.4 is 10.6 Å². The molecule has 0 amide bonds. The summed E-state index contributed by atoms with van der Waals surface area (Å²) in [6, 6.07) is 0. The Kier molecular flexibility index (Phi) is 3.55. The zero-order valence-corrected chi connectivity index (χ0v) is 14.2. The van der Waals surface area contributed by atoms with Gasteiger partial charge < -0.3 is 10.6 Å². The van der Waals surface area contributed by atoms with Gasteiger partial charge in [-0.3, -0.25) is 0 Å². The van der Waals surface area contributed by atoms with Gasteiger partial charge in [0.15, 0.2) is 5.11 Å². The molecule has 2 N–H and O–H groups in total. The molecular formula is C17H30N2S. The fraction of sp³-hybridized carbons (Fsp3) is 0.941. The van der Waals surface area contributed by atoms with E-state index in [2.05, 4.69) is 31.4 Å². The van der Waals surface area contributed by atoms with Crippen molar-refractivity contribution in [2.24, 2.45) is 16.7 Å². The Morgan fingerprint density at radius 3 is 2.30 bits per heavy atom. The molecule has 0 saturated heterocycles. The fourth-order valence-corrected chi connectivity index (χ4v) is 6.57. The van der Waals surface area contributed by atoms with Crippen molar-refractivity contribution in [3.05, 3.63) is 0 Å². The van der Waals surface area contributed by atoms with Crippen LogP contribution in [0.5, 0.6) is 0 Å². The normalized spacial score (nSPS) is 45.5. The van der Waals surface area contributed by atoms with E-state index < -0.39 is 0 Å². The highest BCUT2D eigenvalue weighted by molar-refractivity contribution is 7.80. The second-order valence-corrected chi connectivity index (χ2v) is 9.05. The molecule has 4 saturated carbocycles. The van der Waals surface area contributed by atoms with Crippen molar-refractivity contribution < 1.29 is 0 Å². The molecule has 0 aromatic carbocycles. The number of nitrogens with one attached hydrogen (secondary N) is 2. The van der Waals surface area contributed by atoms with E-state index in [4.69, 9.17) is 12.2 Å². The van der Waals surface area contributed by atoms with E-state index >= 15 is 0 Å². The van der Waals surface area contributed by atoms with Crippen LogP contribution in [0.2, 0.25) is 0 Å². The van der Waals surface area contributed by atoms with Crippen LogP contribution in [0, 0.1) is 16.7 Å². The van der Waals surface area contributed by atoms with E-state index in [9.17, 15) is 0 Å². The molecule has 2 nitrogen and oxygen atoms in total. The minimum absolute atomic E-state index is 0.291. The predicted octanol–water partition coefficient (Wildman–Crippen LogP) is 4.00. The zero-order chi connectivity index (χ0) is 14.4. The van der Waals surface area contributed by atoms with Gasteiger partial charge in [-0.2, -0.15) is 0 Å². The van der Waals surface area contributed by atoms with E-state index in [0.29, 0.717) is 16.4 Å². The molecule has 4 fully saturated rings. The lowest BCUT2D eigenvalue weighted by Crippen LogP contribution is -2.66. The Hall–Kier alpha value is -0.310. The Balaban J connectivity index is 1.68. The molecule has 0 aromatic rings. The van der Waals surface area contributed by atoms with Crippen molar-refractivity contribution in [1.29, 1.82) is 0 Å². The Labute approximate surface area is 129 Å². The lowest BCUT2D eigenvalue weighted by atomic mass is 9.43. The molecule has 4 rings (SSSR count). The van der Waals surface area contributed by atoms with Gasteiger partial charge in [0, 0.05) is 12.1 Å². The van der Waals surface area contributed by atoms with Gasteiger partial charge >= 0.3 is 0 Å². The molecule has 0 aromatic heterocycles. The van der Waals surface area contributed by atoms with Gasteiger partial charge in [0.1, 0.15) is 0 Å². The van der Waals surface area contributed by atoms with Crippen LogP contribution in [0.15, 0.2) is 0 Å².